The highest BCUT2D eigenvalue weighted by atomic mass is 35.5. The van der Waals surface area contributed by atoms with Crippen LogP contribution in [0, 0.1) is 5.82 Å². The van der Waals surface area contributed by atoms with Crippen LogP contribution in [0.3, 0.4) is 0 Å². The summed E-state index contributed by atoms with van der Waals surface area (Å²) in [5.74, 6) is 0.560. The van der Waals surface area contributed by atoms with Crippen molar-refractivity contribution in [2.45, 2.75) is 13.5 Å². The van der Waals surface area contributed by atoms with Crippen LogP contribution in [-0.4, -0.2) is 6.61 Å². The molecule has 0 bridgehead atoms. The Morgan fingerprint density at radius 2 is 1.89 bits per heavy atom. The zero-order chi connectivity index (χ0) is 13.7. The van der Waals surface area contributed by atoms with Gasteiger partial charge in [0.05, 0.1) is 6.61 Å². The Labute approximate surface area is 117 Å². The number of rotatable bonds is 5. The molecule has 1 N–H and O–H groups in total. The van der Waals surface area contributed by atoms with Crippen molar-refractivity contribution in [2.24, 2.45) is 0 Å². The number of ether oxygens (including phenoxy) is 1. The second kappa shape index (κ2) is 6.43. The van der Waals surface area contributed by atoms with Crippen molar-refractivity contribution < 1.29 is 9.13 Å². The fourth-order valence-corrected chi connectivity index (χ4v) is 1.94. The second-order valence-corrected chi connectivity index (χ2v) is 4.48. The molecule has 2 rings (SSSR count). The van der Waals surface area contributed by atoms with Gasteiger partial charge in [0.25, 0.3) is 0 Å². The highest BCUT2D eigenvalue weighted by Gasteiger charge is 2.04. The smallest absolute Gasteiger partial charge is 0.124 e. The van der Waals surface area contributed by atoms with Gasteiger partial charge in [-0.05, 0) is 49.4 Å². The van der Waals surface area contributed by atoms with Crippen LogP contribution in [0.1, 0.15) is 12.5 Å². The fourth-order valence-electron chi connectivity index (χ4n) is 1.75. The summed E-state index contributed by atoms with van der Waals surface area (Å²) in [5, 5.41) is 3.87. The van der Waals surface area contributed by atoms with Crippen LogP contribution in [-0.2, 0) is 6.54 Å². The summed E-state index contributed by atoms with van der Waals surface area (Å²) in [6.45, 7) is 3.11. The first-order chi connectivity index (χ1) is 9.19. The molecule has 2 aromatic rings. The largest absolute Gasteiger partial charge is 0.494 e. The first kappa shape index (κ1) is 13.7. The van der Waals surface area contributed by atoms with Crippen LogP contribution in [0.2, 0.25) is 5.02 Å². The molecule has 0 saturated heterocycles. The molecule has 0 atom stereocenters. The normalized spacial score (nSPS) is 10.3. The van der Waals surface area contributed by atoms with Crippen molar-refractivity contribution in [2.75, 3.05) is 11.9 Å². The Hall–Kier alpha value is -1.74. The average molecular weight is 280 g/mol. The van der Waals surface area contributed by atoms with Crippen LogP contribution < -0.4 is 10.1 Å². The van der Waals surface area contributed by atoms with Crippen molar-refractivity contribution in [1.29, 1.82) is 0 Å². The maximum Gasteiger partial charge on any atom is 0.124 e. The molecule has 2 nitrogen and oxygen atoms in total. The summed E-state index contributed by atoms with van der Waals surface area (Å²) < 4.78 is 18.3. The molecule has 0 aliphatic carbocycles. The number of halogens is 2. The van der Waals surface area contributed by atoms with Gasteiger partial charge in [-0.2, -0.15) is 0 Å². The average Bonchev–Trinajstić information content (AvgIpc) is 2.41. The van der Waals surface area contributed by atoms with E-state index in [1.54, 1.807) is 18.2 Å². The lowest BCUT2D eigenvalue weighted by atomic mass is 10.2. The topological polar surface area (TPSA) is 21.3 Å². The molecule has 2 aromatic carbocycles. The Balaban J connectivity index is 2.09. The van der Waals surface area contributed by atoms with Crippen molar-refractivity contribution >= 4 is 17.3 Å². The van der Waals surface area contributed by atoms with Gasteiger partial charge >= 0.3 is 0 Å². The molecule has 0 aromatic heterocycles. The van der Waals surface area contributed by atoms with E-state index in [0.717, 1.165) is 17.0 Å². The molecular weight excluding hydrogens is 265 g/mol. The van der Waals surface area contributed by atoms with Gasteiger partial charge in [-0.25, -0.2) is 4.39 Å². The van der Waals surface area contributed by atoms with E-state index >= 15 is 0 Å². The van der Waals surface area contributed by atoms with E-state index in [1.807, 2.05) is 19.1 Å². The van der Waals surface area contributed by atoms with Gasteiger partial charge in [0.15, 0.2) is 0 Å². The van der Waals surface area contributed by atoms with E-state index in [0.29, 0.717) is 18.2 Å². The number of benzene rings is 2. The summed E-state index contributed by atoms with van der Waals surface area (Å²) in [4.78, 5) is 0. The Kier molecular flexibility index (Phi) is 4.63. The Morgan fingerprint density at radius 1 is 1.16 bits per heavy atom. The van der Waals surface area contributed by atoms with Gasteiger partial charge < -0.3 is 10.1 Å². The number of anilines is 1. The summed E-state index contributed by atoms with van der Waals surface area (Å²) in [5.41, 5.74) is 1.82. The third kappa shape index (κ3) is 3.86. The van der Waals surface area contributed by atoms with Crippen molar-refractivity contribution in [1.82, 2.24) is 0 Å². The molecule has 0 fully saturated rings. The minimum absolute atomic E-state index is 0.247. The van der Waals surface area contributed by atoms with E-state index in [2.05, 4.69) is 5.32 Å². The predicted octanol–water partition coefficient (Wildman–Crippen LogP) is 4.49. The van der Waals surface area contributed by atoms with Crippen molar-refractivity contribution in [3.8, 4) is 5.75 Å². The lowest BCUT2D eigenvalue weighted by molar-refractivity contribution is 0.337. The number of hydrogen-bond acceptors (Lipinski definition) is 2. The van der Waals surface area contributed by atoms with Crippen LogP contribution in [0.15, 0.2) is 42.5 Å². The highest BCUT2D eigenvalue weighted by Crippen LogP contribution is 2.24. The lowest BCUT2D eigenvalue weighted by Crippen LogP contribution is -2.03. The monoisotopic (exact) mass is 279 g/mol. The van der Waals surface area contributed by atoms with E-state index in [1.165, 1.54) is 12.1 Å². The summed E-state index contributed by atoms with van der Waals surface area (Å²) in [6.07, 6.45) is 0. The van der Waals surface area contributed by atoms with Gasteiger partial charge in [-0.1, -0.05) is 11.6 Å². The third-order valence-electron chi connectivity index (χ3n) is 2.65. The molecule has 100 valence electrons. The van der Waals surface area contributed by atoms with Crippen LogP contribution in [0.5, 0.6) is 5.75 Å². The summed E-state index contributed by atoms with van der Waals surface area (Å²) >= 11 is 5.99. The third-order valence-corrected chi connectivity index (χ3v) is 2.88. The first-order valence-corrected chi connectivity index (χ1v) is 6.47. The SMILES string of the molecule is CCOc1ccc(Cl)cc1CNc1ccc(F)cc1. The molecule has 0 spiro atoms. The first-order valence-electron chi connectivity index (χ1n) is 6.09. The minimum atomic E-state index is -0.247. The number of nitrogens with one attached hydrogen (secondary N) is 1. The molecule has 0 amide bonds. The van der Waals surface area contributed by atoms with E-state index in [9.17, 15) is 4.39 Å². The zero-order valence-corrected chi connectivity index (χ0v) is 11.4. The molecule has 0 saturated carbocycles. The van der Waals surface area contributed by atoms with E-state index in [4.69, 9.17) is 16.3 Å². The van der Waals surface area contributed by atoms with Crippen molar-refractivity contribution in [3.05, 3.63) is 58.9 Å². The van der Waals surface area contributed by atoms with Crippen LogP contribution in [0.4, 0.5) is 10.1 Å². The molecule has 0 heterocycles. The van der Waals surface area contributed by atoms with Crippen LogP contribution in [0.25, 0.3) is 0 Å². The summed E-state index contributed by atoms with van der Waals surface area (Å²) in [7, 11) is 0. The van der Waals surface area contributed by atoms with Gasteiger partial charge in [0, 0.05) is 22.8 Å². The van der Waals surface area contributed by atoms with Gasteiger partial charge in [0.2, 0.25) is 0 Å². The quantitative estimate of drug-likeness (QED) is 0.871. The molecule has 0 radical (unpaired) electrons. The predicted molar refractivity (Wildman–Crippen MR) is 76.3 cm³/mol. The van der Waals surface area contributed by atoms with Gasteiger partial charge in [-0.15, -0.1) is 0 Å². The second-order valence-electron chi connectivity index (χ2n) is 4.05. The molecular formula is C15H15ClFNO. The van der Waals surface area contributed by atoms with Crippen LogP contribution >= 0.6 is 11.6 Å². The summed E-state index contributed by atoms with van der Waals surface area (Å²) in [6, 6.07) is 11.7. The highest BCUT2D eigenvalue weighted by molar-refractivity contribution is 6.30. The standard InChI is InChI=1S/C15H15ClFNO/c1-2-19-15-8-3-12(16)9-11(15)10-18-14-6-4-13(17)5-7-14/h3-9,18H,2,10H2,1H3. The van der Waals surface area contributed by atoms with Gasteiger partial charge in [0.1, 0.15) is 11.6 Å². The molecule has 0 unspecified atom stereocenters. The maximum atomic E-state index is 12.8. The Morgan fingerprint density at radius 3 is 2.58 bits per heavy atom. The van der Waals surface area contributed by atoms with Gasteiger partial charge in [-0.3, -0.25) is 0 Å². The van der Waals surface area contributed by atoms with E-state index < -0.39 is 0 Å². The fraction of sp³-hybridized carbons (Fsp3) is 0.200. The molecule has 4 heteroatoms. The minimum Gasteiger partial charge on any atom is -0.494 e. The molecule has 19 heavy (non-hydrogen) atoms. The van der Waals surface area contributed by atoms with E-state index in [-0.39, 0.29) is 5.82 Å². The zero-order valence-electron chi connectivity index (χ0n) is 10.6. The molecule has 0 aliphatic rings. The maximum absolute atomic E-state index is 12.8. The Bertz CT molecular complexity index is 542. The lowest BCUT2D eigenvalue weighted by Gasteiger charge is -2.12. The molecule has 0 aliphatic heterocycles. The van der Waals surface area contributed by atoms with Crippen molar-refractivity contribution in [3.63, 3.8) is 0 Å². The number of hydrogen-bond donors (Lipinski definition) is 1.